The minimum Gasteiger partial charge on any atom is -0.479 e. The van der Waals surface area contributed by atoms with Crippen LogP contribution in [0, 0.1) is 11.3 Å². The van der Waals surface area contributed by atoms with E-state index >= 15 is 0 Å². The van der Waals surface area contributed by atoms with Gasteiger partial charge in [-0.05, 0) is 0 Å². The zero-order valence-electron chi connectivity index (χ0n) is 8.68. The molecule has 0 radical (unpaired) electrons. The number of morpholine rings is 1. The molecule has 1 rings (SSSR count). The highest BCUT2D eigenvalue weighted by molar-refractivity contribution is 5.78. The first-order valence-electron chi connectivity index (χ1n) is 4.84. The van der Waals surface area contributed by atoms with E-state index in [-0.39, 0.29) is 25.5 Å². The van der Waals surface area contributed by atoms with Crippen molar-refractivity contribution >= 4 is 11.9 Å². The molecule has 0 aromatic rings. The van der Waals surface area contributed by atoms with Crippen molar-refractivity contribution in [3.8, 4) is 6.07 Å². The van der Waals surface area contributed by atoms with Gasteiger partial charge in [-0.2, -0.15) is 5.26 Å². The standard InChI is InChI=1S/C9H13N3O4/c10-1-2-11-8(13)6-12-3-4-16-7(5-12)9(14)15/h7H,2-6H2,(H,11,13)(H,14,15). The fraction of sp³-hybridized carbons (Fsp3) is 0.667. The van der Waals surface area contributed by atoms with Crippen molar-refractivity contribution in [2.45, 2.75) is 6.10 Å². The lowest BCUT2D eigenvalue weighted by Crippen LogP contribution is -2.49. The Morgan fingerprint density at radius 1 is 1.62 bits per heavy atom. The van der Waals surface area contributed by atoms with Crippen LogP contribution in [0.25, 0.3) is 0 Å². The van der Waals surface area contributed by atoms with Crippen LogP contribution in [0.5, 0.6) is 0 Å². The molecule has 0 spiro atoms. The van der Waals surface area contributed by atoms with Crippen molar-refractivity contribution < 1.29 is 19.4 Å². The second-order valence-corrected chi connectivity index (χ2v) is 3.37. The summed E-state index contributed by atoms with van der Waals surface area (Å²) in [7, 11) is 0. The van der Waals surface area contributed by atoms with Crippen LogP contribution in [0.4, 0.5) is 0 Å². The zero-order valence-corrected chi connectivity index (χ0v) is 8.68. The Kier molecular flexibility index (Phi) is 4.69. The minimum absolute atomic E-state index is 0.0362. The van der Waals surface area contributed by atoms with Gasteiger partial charge >= 0.3 is 5.97 Å². The van der Waals surface area contributed by atoms with Gasteiger partial charge in [0.25, 0.3) is 0 Å². The van der Waals surface area contributed by atoms with Crippen LogP contribution in [-0.4, -0.2) is 60.8 Å². The molecule has 1 heterocycles. The fourth-order valence-electron chi connectivity index (χ4n) is 1.39. The van der Waals surface area contributed by atoms with E-state index in [0.29, 0.717) is 13.2 Å². The summed E-state index contributed by atoms with van der Waals surface area (Å²) in [6, 6.07) is 1.79. The third-order valence-corrected chi connectivity index (χ3v) is 2.16. The normalized spacial score (nSPS) is 21.1. The predicted octanol–water partition coefficient (Wildman–Crippen LogP) is -1.59. The molecule has 0 bridgehead atoms. The Morgan fingerprint density at radius 2 is 2.38 bits per heavy atom. The fourth-order valence-corrected chi connectivity index (χ4v) is 1.39. The van der Waals surface area contributed by atoms with Gasteiger partial charge < -0.3 is 15.2 Å². The maximum Gasteiger partial charge on any atom is 0.334 e. The van der Waals surface area contributed by atoms with E-state index in [2.05, 4.69) is 5.32 Å². The van der Waals surface area contributed by atoms with Crippen LogP contribution in [-0.2, 0) is 14.3 Å². The number of aliphatic carboxylic acids is 1. The average Bonchev–Trinajstić information content (AvgIpc) is 2.26. The number of hydrogen-bond acceptors (Lipinski definition) is 5. The van der Waals surface area contributed by atoms with Crippen molar-refractivity contribution in [1.29, 1.82) is 5.26 Å². The van der Waals surface area contributed by atoms with Crippen molar-refractivity contribution in [3.63, 3.8) is 0 Å². The number of amides is 1. The molecule has 16 heavy (non-hydrogen) atoms. The van der Waals surface area contributed by atoms with Crippen LogP contribution >= 0.6 is 0 Å². The molecule has 1 atom stereocenters. The number of ether oxygens (including phenoxy) is 1. The van der Waals surface area contributed by atoms with E-state index in [1.54, 1.807) is 11.0 Å². The Balaban J connectivity index is 2.34. The summed E-state index contributed by atoms with van der Waals surface area (Å²) in [5, 5.41) is 19.4. The Bertz CT molecular complexity index is 312. The van der Waals surface area contributed by atoms with Gasteiger partial charge in [0.2, 0.25) is 5.91 Å². The third kappa shape index (κ3) is 3.84. The number of carboxylic acid groups (broad SMARTS) is 1. The van der Waals surface area contributed by atoms with Crippen LogP contribution in [0.3, 0.4) is 0 Å². The van der Waals surface area contributed by atoms with Gasteiger partial charge in [0.1, 0.15) is 6.54 Å². The summed E-state index contributed by atoms with van der Waals surface area (Å²) in [6.45, 7) is 1.06. The van der Waals surface area contributed by atoms with Crippen molar-refractivity contribution in [3.05, 3.63) is 0 Å². The summed E-state index contributed by atoms with van der Waals surface area (Å²) < 4.78 is 5.01. The first-order valence-corrected chi connectivity index (χ1v) is 4.84. The number of carboxylic acids is 1. The average molecular weight is 227 g/mol. The summed E-state index contributed by atoms with van der Waals surface area (Å²) >= 11 is 0. The van der Waals surface area contributed by atoms with E-state index in [9.17, 15) is 9.59 Å². The molecule has 7 heteroatoms. The highest BCUT2D eigenvalue weighted by Crippen LogP contribution is 2.04. The summed E-state index contributed by atoms with van der Waals surface area (Å²) in [4.78, 5) is 23.6. The second kappa shape index (κ2) is 6.05. The molecule has 7 nitrogen and oxygen atoms in total. The van der Waals surface area contributed by atoms with Gasteiger partial charge in [0.05, 0.1) is 19.2 Å². The Morgan fingerprint density at radius 3 is 3.00 bits per heavy atom. The lowest BCUT2D eigenvalue weighted by Gasteiger charge is -2.29. The van der Waals surface area contributed by atoms with Gasteiger partial charge in [-0.15, -0.1) is 0 Å². The molecule has 0 aromatic carbocycles. The smallest absolute Gasteiger partial charge is 0.334 e. The molecule has 2 N–H and O–H groups in total. The van der Waals surface area contributed by atoms with Crippen molar-refractivity contribution in [1.82, 2.24) is 10.2 Å². The molecule has 0 aliphatic carbocycles. The van der Waals surface area contributed by atoms with Crippen molar-refractivity contribution in [2.24, 2.45) is 0 Å². The first kappa shape index (κ1) is 12.4. The lowest BCUT2D eigenvalue weighted by atomic mass is 10.2. The number of nitrogens with zero attached hydrogens (tertiary/aromatic N) is 2. The highest BCUT2D eigenvalue weighted by Gasteiger charge is 2.26. The van der Waals surface area contributed by atoms with Gasteiger partial charge in [0.15, 0.2) is 6.10 Å². The summed E-state index contributed by atoms with van der Waals surface area (Å²) in [6.07, 6.45) is -0.877. The number of carbonyl (C=O) groups excluding carboxylic acids is 1. The number of nitrogens with one attached hydrogen (secondary N) is 1. The highest BCUT2D eigenvalue weighted by atomic mass is 16.5. The van der Waals surface area contributed by atoms with Crippen LogP contribution < -0.4 is 5.32 Å². The van der Waals surface area contributed by atoms with Crippen LogP contribution in [0.2, 0.25) is 0 Å². The SMILES string of the molecule is N#CCNC(=O)CN1CCOC(C(=O)O)C1. The molecule has 1 amide bonds. The van der Waals surface area contributed by atoms with E-state index in [0.717, 1.165) is 0 Å². The molecular weight excluding hydrogens is 214 g/mol. The quantitative estimate of drug-likeness (QED) is 0.561. The topological polar surface area (TPSA) is 103 Å². The van der Waals surface area contributed by atoms with E-state index in [1.165, 1.54) is 0 Å². The maximum absolute atomic E-state index is 11.3. The number of carbonyl (C=O) groups is 2. The first-order chi connectivity index (χ1) is 7.63. The van der Waals surface area contributed by atoms with Gasteiger partial charge in [0, 0.05) is 13.1 Å². The van der Waals surface area contributed by atoms with E-state index in [4.69, 9.17) is 15.1 Å². The van der Waals surface area contributed by atoms with Gasteiger partial charge in [-0.1, -0.05) is 0 Å². The molecule has 1 saturated heterocycles. The van der Waals surface area contributed by atoms with Gasteiger partial charge in [-0.25, -0.2) is 4.79 Å². The maximum atomic E-state index is 11.3. The molecule has 0 aromatic heterocycles. The number of hydrogen-bond donors (Lipinski definition) is 2. The molecule has 1 fully saturated rings. The Labute approximate surface area is 92.6 Å². The predicted molar refractivity (Wildman–Crippen MR) is 52.4 cm³/mol. The summed E-state index contributed by atoms with van der Waals surface area (Å²) in [5.74, 6) is -1.31. The third-order valence-electron chi connectivity index (χ3n) is 2.16. The summed E-state index contributed by atoms with van der Waals surface area (Å²) in [5.41, 5.74) is 0. The molecule has 1 aliphatic rings. The van der Waals surface area contributed by atoms with Gasteiger partial charge in [-0.3, -0.25) is 9.69 Å². The molecule has 1 unspecified atom stereocenters. The number of nitriles is 1. The van der Waals surface area contributed by atoms with Crippen molar-refractivity contribution in [2.75, 3.05) is 32.8 Å². The van der Waals surface area contributed by atoms with E-state index < -0.39 is 12.1 Å². The second-order valence-electron chi connectivity index (χ2n) is 3.37. The number of rotatable bonds is 4. The monoisotopic (exact) mass is 227 g/mol. The molecule has 88 valence electrons. The Hall–Kier alpha value is -1.65. The minimum atomic E-state index is -1.03. The van der Waals surface area contributed by atoms with Crippen LogP contribution in [0.15, 0.2) is 0 Å². The largest absolute Gasteiger partial charge is 0.479 e. The van der Waals surface area contributed by atoms with E-state index in [1.807, 2.05) is 0 Å². The van der Waals surface area contributed by atoms with Crippen LogP contribution in [0.1, 0.15) is 0 Å². The molecule has 0 saturated carbocycles. The zero-order chi connectivity index (χ0) is 12.0. The molecule has 1 aliphatic heterocycles. The molecular formula is C9H13N3O4. The lowest BCUT2D eigenvalue weighted by molar-refractivity contribution is -0.156.